The molecule has 114 valence electrons. The van der Waals surface area contributed by atoms with Crippen LogP contribution in [0.1, 0.15) is 26.5 Å². The molecule has 8 heteroatoms. The van der Waals surface area contributed by atoms with E-state index in [1.807, 2.05) is 0 Å². The van der Waals surface area contributed by atoms with E-state index in [0.717, 1.165) is 0 Å². The normalized spacial score (nSPS) is 12.5. The fourth-order valence-electron chi connectivity index (χ4n) is 1.48. The molecule has 20 heavy (non-hydrogen) atoms. The van der Waals surface area contributed by atoms with Crippen molar-refractivity contribution in [3.63, 3.8) is 0 Å². The summed E-state index contributed by atoms with van der Waals surface area (Å²) in [6.45, 7) is 11.2. The maximum Gasteiger partial charge on any atom is 0.353 e. The third-order valence-corrected chi connectivity index (χ3v) is 8.32. The Morgan fingerprint density at radius 2 is 2.00 bits per heavy atom. The van der Waals surface area contributed by atoms with E-state index in [0.29, 0.717) is 18.7 Å². The molecule has 0 amide bonds. The molecule has 0 aliphatic heterocycles. The Hall–Kier alpha value is -1.41. The predicted octanol–water partition coefficient (Wildman–Crippen LogP) is 2.89. The van der Waals surface area contributed by atoms with Crippen LogP contribution >= 0.6 is 0 Å². The lowest BCUT2D eigenvalue weighted by Crippen LogP contribution is -2.41. The second kappa shape index (κ2) is 5.92. The first-order valence-corrected chi connectivity index (χ1v) is 9.40. The molecule has 0 fully saturated rings. The van der Waals surface area contributed by atoms with E-state index < -0.39 is 13.2 Å². The van der Waals surface area contributed by atoms with Gasteiger partial charge < -0.3 is 9.16 Å². The zero-order valence-corrected chi connectivity index (χ0v) is 13.9. The molecule has 0 unspecified atom stereocenters. The van der Waals surface area contributed by atoms with Gasteiger partial charge in [0.05, 0.1) is 12.0 Å². The Labute approximate surface area is 119 Å². The molecular formula is C12H23N3O4Si. The van der Waals surface area contributed by atoms with Crippen LogP contribution in [0, 0.1) is 10.1 Å². The molecule has 0 bridgehead atoms. The molecule has 1 aromatic heterocycles. The van der Waals surface area contributed by atoms with E-state index in [1.165, 1.54) is 7.11 Å². The van der Waals surface area contributed by atoms with Gasteiger partial charge in [-0.15, -0.1) is 5.10 Å². The first-order valence-electron chi connectivity index (χ1n) is 6.49. The van der Waals surface area contributed by atoms with Crippen LogP contribution in [-0.2, 0) is 10.8 Å². The highest BCUT2D eigenvalue weighted by atomic mass is 28.4. The lowest BCUT2D eigenvalue weighted by atomic mass is 10.2. The Morgan fingerprint density at radius 1 is 1.40 bits per heavy atom. The SMILES string of the molecule is COc1n[nH]c(CCO[Si](C)(C)C(C)(C)C)c1[N+](=O)[O-]. The summed E-state index contributed by atoms with van der Waals surface area (Å²) in [5.41, 5.74) is 0.330. The molecule has 1 heterocycles. The first kappa shape index (κ1) is 16.6. The quantitative estimate of drug-likeness (QED) is 0.495. The van der Waals surface area contributed by atoms with Crippen molar-refractivity contribution >= 4 is 14.0 Å². The van der Waals surface area contributed by atoms with Gasteiger partial charge in [-0.05, 0) is 18.1 Å². The Kier molecular flexibility index (Phi) is 4.93. The van der Waals surface area contributed by atoms with Crippen LogP contribution in [0.3, 0.4) is 0 Å². The number of H-pyrrole nitrogens is 1. The minimum atomic E-state index is -1.84. The molecule has 0 aliphatic carbocycles. The average Bonchev–Trinajstić information content (AvgIpc) is 2.70. The van der Waals surface area contributed by atoms with Crippen molar-refractivity contribution in [3.8, 4) is 5.88 Å². The number of methoxy groups -OCH3 is 1. The molecule has 0 aromatic carbocycles. The van der Waals surface area contributed by atoms with Crippen molar-refractivity contribution in [2.45, 2.75) is 45.3 Å². The smallest absolute Gasteiger partial charge is 0.353 e. The fraction of sp³-hybridized carbons (Fsp3) is 0.750. The van der Waals surface area contributed by atoms with Crippen molar-refractivity contribution in [1.82, 2.24) is 10.2 Å². The molecule has 0 saturated carbocycles. The molecule has 0 aliphatic rings. The van der Waals surface area contributed by atoms with Crippen LogP contribution in [0.15, 0.2) is 0 Å². The summed E-state index contributed by atoms with van der Waals surface area (Å²) >= 11 is 0. The minimum absolute atomic E-state index is 0.0114. The molecule has 0 radical (unpaired) electrons. The number of aromatic amines is 1. The van der Waals surface area contributed by atoms with Crippen LogP contribution in [-0.4, -0.2) is 37.2 Å². The van der Waals surface area contributed by atoms with E-state index in [4.69, 9.17) is 9.16 Å². The summed E-state index contributed by atoms with van der Waals surface area (Å²) in [7, 11) is -0.480. The topological polar surface area (TPSA) is 90.3 Å². The fourth-order valence-corrected chi connectivity index (χ4v) is 2.53. The zero-order chi connectivity index (χ0) is 15.6. The third-order valence-electron chi connectivity index (χ3n) is 3.78. The van der Waals surface area contributed by atoms with E-state index in [2.05, 4.69) is 44.1 Å². The zero-order valence-electron chi connectivity index (χ0n) is 12.9. The van der Waals surface area contributed by atoms with Gasteiger partial charge in [0.25, 0.3) is 0 Å². The van der Waals surface area contributed by atoms with Gasteiger partial charge in [-0.3, -0.25) is 15.2 Å². The van der Waals surface area contributed by atoms with Gasteiger partial charge in [0.15, 0.2) is 8.32 Å². The van der Waals surface area contributed by atoms with Crippen molar-refractivity contribution in [2.24, 2.45) is 0 Å². The Bertz CT molecular complexity index is 480. The van der Waals surface area contributed by atoms with Crippen molar-refractivity contribution in [2.75, 3.05) is 13.7 Å². The molecule has 1 N–H and O–H groups in total. The number of nitrogens with one attached hydrogen (secondary N) is 1. The highest BCUT2D eigenvalue weighted by Gasteiger charge is 2.37. The molecule has 0 spiro atoms. The van der Waals surface area contributed by atoms with Crippen molar-refractivity contribution < 1.29 is 14.1 Å². The monoisotopic (exact) mass is 301 g/mol. The van der Waals surface area contributed by atoms with Gasteiger partial charge in [0, 0.05) is 13.0 Å². The molecule has 7 nitrogen and oxygen atoms in total. The number of ether oxygens (including phenoxy) is 1. The van der Waals surface area contributed by atoms with Gasteiger partial charge in [-0.2, -0.15) is 0 Å². The summed E-state index contributed by atoms with van der Waals surface area (Å²) in [4.78, 5) is 10.5. The van der Waals surface area contributed by atoms with Gasteiger partial charge in [-0.1, -0.05) is 20.8 Å². The van der Waals surface area contributed by atoms with Crippen molar-refractivity contribution in [3.05, 3.63) is 15.8 Å². The summed E-state index contributed by atoms with van der Waals surface area (Å²) in [6, 6.07) is 0. The lowest BCUT2D eigenvalue weighted by molar-refractivity contribution is -0.386. The Morgan fingerprint density at radius 3 is 2.45 bits per heavy atom. The minimum Gasteiger partial charge on any atom is -0.475 e. The van der Waals surface area contributed by atoms with Crippen LogP contribution in [0.25, 0.3) is 0 Å². The highest BCUT2D eigenvalue weighted by Crippen LogP contribution is 2.36. The predicted molar refractivity (Wildman–Crippen MR) is 78.6 cm³/mol. The Balaban J connectivity index is 2.73. The standard InChI is InChI=1S/C12H23N3O4Si/c1-12(2,3)20(5,6)19-8-7-9-10(15(16)17)11(18-4)14-13-9/h7-8H2,1-6H3,(H,13,14). The van der Waals surface area contributed by atoms with E-state index in [1.54, 1.807) is 0 Å². The summed E-state index contributed by atoms with van der Waals surface area (Å²) < 4.78 is 10.9. The molecule has 0 saturated heterocycles. The van der Waals surface area contributed by atoms with Gasteiger partial charge in [0.2, 0.25) is 0 Å². The largest absolute Gasteiger partial charge is 0.475 e. The summed E-state index contributed by atoms with van der Waals surface area (Å²) in [5.74, 6) is 0.0114. The number of nitro groups is 1. The molecule has 0 atom stereocenters. The first-order chi connectivity index (χ1) is 9.10. The molecular weight excluding hydrogens is 278 g/mol. The second-order valence-electron chi connectivity index (χ2n) is 6.18. The summed E-state index contributed by atoms with van der Waals surface area (Å²) in [5, 5.41) is 17.6. The number of hydrogen-bond acceptors (Lipinski definition) is 5. The number of nitrogens with zero attached hydrogens (tertiary/aromatic N) is 2. The van der Waals surface area contributed by atoms with Crippen LogP contribution in [0.5, 0.6) is 5.88 Å². The van der Waals surface area contributed by atoms with Crippen LogP contribution in [0.2, 0.25) is 18.1 Å². The van der Waals surface area contributed by atoms with E-state index >= 15 is 0 Å². The highest BCUT2D eigenvalue weighted by molar-refractivity contribution is 6.74. The third kappa shape index (κ3) is 3.57. The average molecular weight is 301 g/mol. The number of aromatic nitrogens is 2. The van der Waals surface area contributed by atoms with Crippen LogP contribution < -0.4 is 4.74 Å². The van der Waals surface area contributed by atoms with Gasteiger partial charge in [-0.25, -0.2) is 0 Å². The maximum atomic E-state index is 11.0. The van der Waals surface area contributed by atoms with Gasteiger partial charge in [0.1, 0.15) is 5.69 Å². The van der Waals surface area contributed by atoms with Crippen molar-refractivity contribution in [1.29, 1.82) is 0 Å². The number of rotatable bonds is 6. The molecule has 1 aromatic rings. The second-order valence-corrected chi connectivity index (χ2v) is 11.0. The van der Waals surface area contributed by atoms with Gasteiger partial charge >= 0.3 is 11.6 Å². The molecule has 1 rings (SSSR count). The number of hydrogen-bond donors (Lipinski definition) is 1. The summed E-state index contributed by atoms with van der Waals surface area (Å²) in [6.07, 6.45) is 0.416. The van der Waals surface area contributed by atoms with E-state index in [9.17, 15) is 10.1 Å². The maximum absolute atomic E-state index is 11.0. The lowest BCUT2D eigenvalue weighted by Gasteiger charge is -2.36. The van der Waals surface area contributed by atoms with E-state index in [-0.39, 0.29) is 16.6 Å². The van der Waals surface area contributed by atoms with Crippen LogP contribution in [0.4, 0.5) is 5.69 Å².